The summed E-state index contributed by atoms with van der Waals surface area (Å²) < 4.78 is 0. The van der Waals surface area contributed by atoms with Gasteiger partial charge in [-0.25, -0.2) is 0 Å². The molecule has 1 rings (SSSR count). The molecule has 1 fully saturated rings. The molecule has 164 valence electrons. The monoisotopic (exact) mass is 395 g/mol. The number of likely N-dealkylation sites (tertiary alicyclic amines) is 1. The molecule has 0 aromatic rings. The molecule has 0 radical (unpaired) electrons. The van der Waals surface area contributed by atoms with Crippen molar-refractivity contribution in [2.45, 2.75) is 84.0 Å². The van der Waals surface area contributed by atoms with Crippen molar-refractivity contribution in [1.82, 2.24) is 15.5 Å². The number of primary amides is 1. The predicted molar refractivity (Wildman–Crippen MR) is 120 cm³/mol. The number of nitrogens with one attached hydrogen (secondary N) is 2. The van der Waals surface area contributed by atoms with Crippen LogP contribution in [0.2, 0.25) is 0 Å². The van der Waals surface area contributed by atoms with E-state index in [1.54, 1.807) is 0 Å². The molecule has 1 heterocycles. The maximum Gasteiger partial charge on any atom is 0.220 e. The maximum atomic E-state index is 11.2. The summed E-state index contributed by atoms with van der Waals surface area (Å²) in [7, 11) is 1.84. The van der Waals surface area contributed by atoms with Gasteiger partial charge in [-0.1, -0.05) is 51.9 Å². The molecule has 0 aliphatic carbocycles. The standard InChI is InChI=1S/C22H45N5O/c1-3-4-5-6-7-8-9-10-15-25-22(24-2)26-16-11-12-17-27-18-13-20(14-19-27)21(23)28/h20H,3-19H2,1-2H3,(H2,23,28)(H2,24,25,26). The maximum absolute atomic E-state index is 11.2. The third-order valence-corrected chi connectivity index (χ3v) is 5.73. The van der Waals surface area contributed by atoms with Crippen molar-refractivity contribution < 1.29 is 4.79 Å². The highest BCUT2D eigenvalue weighted by Gasteiger charge is 2.22. The van der Waals surface area contributed by atoms with Crippen molar-refractivity contribution in [3.8, 4) is 0 Å². The van der Waals surface area contributed by atoms with Gasteiger partial charge in [-0.3, -0.25) is 9.79 Å². The zero-order valence-electron chi connectivity index (χ0n) is 18.5. The summed E-state index contributed by atoms with van der Waals surface area (Å²) in [6.45, 7) is 7.34. The van der Waals surface area contributed by atoms with Crippen LogP contribution in [0.15, 0.2) is 4.99 Å². The normalized spacial score (nSPS) is 16.3. The van der Waals surface area contributed by atoms with Gasteiger partial charge in [0.2, 0.25) is 5.91 Å². The Bertz CT molecular complexity index is 419. The van der Waals surface area contributed by atoms with E-state index in [-0.39, 0.29) is 11.8 Å². The summed E-state index contributed by atoms with van der Waals surface area (Å²) in [6.07, 6.45) is 14.9. The van der Waals surface area contributed by atoms with E-state index in [4.69, 9.17) is 5.73 Å². The Morgan fingerprint density at radius 3 is 2.00 bits per heavy atom. The Labute approximate surface area is 173 Å². The Kier molecular flexibility index (Phi) is 14.7. The van der Waals surface area contributed by atoms with Gasteiger partial charge in [0.05, 0.1) is 0 Å². The molecule has 0 aromatic heterocycles. The van der Waals surface area contributed by atoms with E-state index in [1.165, 1.54) is 57.8 Å². The molecule has 6 heteroatoms. The molecule has 1 aliphatic rings. The number of rotatable bonds is 15. The molecule has 1 saturated heterocycles. The zero-order valence-corrected chi connectivity index (χ0v) is 18.5. The summed E-state index contributed by atoms with van der Waals surface area (Å²) in [5.41, 5.74) is 5.39. The number of aliphatic imine (C=N–C) groups is 1. The lowest BCUT2D eigenvalue weighted by molar-refractivity contribution is -0.123. The second-order valence-corrected chi connectivity index (χ2v) is 8.13. The van der Waals surface area contributed by atoms with Gasteiger partial charge in [-0.2, -0.15) is 0 Å². The molecule has 4 N–H and O–H groups in total. The number of nitrogens with zero attached hydrogens (tertiary/aromatic N) is 2. The lowest BCUT2D eigenvalue weighted by atomic mass is 9.96. The summed E-state index contributed by atoms with van der Waals surface area (Å²) in [6, 6.07) is 0. The quantitative estimate of drug-likeness (QED) is 0.226. The topological polar surface area (TPSA) is 82.8 Å². The van der Waals surface area contributed by atoms with Gasteiger partial charge in [-0.05, 0) is 51.7 Å². The molecule has 0 saturated carbocycles. The van der Waals surface area contributed by atoms with Crippen LogP contribution < -0.4 is 16.4 Å². The third-order valence-electron chi connectivity index (χ3n) is 5.73. The number of carbonyl (C=O) groups excluding carboxylic acids is 1. The summed E-state index contributed by atoms with van der Waals surface area (Å²) >= 11 is 0. The van der Waals surface area contributed by atoms with Gasteiger partial charge < -0.3 is 21.3 Å². The number of carbonyl (C=O) groups is 1. The van der Waals surface area contributed by atoms with Crippen molar-refractivity contribution in [2.24, 2.45) is 16.6 Å². The first-order chi connectivity index (χ1) is 13.7. The van der Waals surface area contributed by atoms with E-state index >= 15 is 0 Å². The first kappa shape index (κ1) is 24.7. The predicted octanol–water partition coefficient (Wildman–Crippen LogP) is 3.27. The van der Waals surface area contributed by atoms with E-state index in [0.29, 0.717) is 0 Å². The molecule has 1 amide bonds. The number of unbranched alkanes of at least 4 members (excludes halogenated alkanes) is 8. The Morgan fingerprint density at radius 1 is 0.929 bits per heavy atom. The van der Waals surface area contributed by atoms with E-state index < -0.39 is 0 Å². The van der Waals surface area contributed by atoms with Gasteiger partial charge in [0.1, 0.15) is 0 Å². The molecule has 1 aliphatic heterocycles. The Morgan fingerprint density at radius 2 is 1.46 bits per heavy atom. The van der Waals surface area contributed by atoms with Crippen molar-refractivity contribution in [3.63, 3.8) is 0 Å². The van der Waals surface area contributed by atoms with Crippen LogP contribution in [0.1, 0.15) is 84.0 Å². The van der Waals surface area contributed by atoms with Gasteiger partial charge in [0.25, 0.3) is 0 Å². The SMILES string of the molecule is CCCCCCCCCCNC(=NC)NCCCCN1CCC(C(N)=O)CC1. The van der Waals surface area contributed by atoms with Crippen LogP contribution in [0.5, 0.6) is 0 Å². The second-order valence-electron chi connectivity index (χ2n) is 8.13. The number of hydrogen-bond acceptors (Lipinski definition) is 3. The fourth-order valence-corrected chi connectivity index (χ4v) is 3.79. The molecule has 0 unspecified atom stereocenters. The molecule has 0 atom stereocenters. The van der Waals surface area contributed by atoms with Gasteiger partial charge >= 0.3 is 0 Å². The lowest BCUT2D eigenvalue weighted by Gasteiger charge is -2.30. The zero-order chi connectivity index (χ0) is 20.5. The molecule has 0 bridgehead atoms. The van der Waals surface area contributed by atoms with Crippen LogP contribution in [-0.4, -0.2) is 56.5 Å². The number of nitrogens with two attached hydrogens (primary N) is 1. The average Bonchev–Trinajstić information content (AvgIpc) is 2.71. The summed E-state index contributed by atoms with van der Waals surface area (Å²) in [5, 5.41) is 6.83. The number of piperidine rings is 1. The Hall–Kier alpha value is -1.30. The van der Waals surface area contributed by atoms with E-state index in [9.17, 15) is 4.79 Å². The number of amides is 1. The number of guanidine groups is 1. The summed E-state index contributed by atoms with van der Waals surface area (Å²) in [4.78, 5) is 18.0. The van der Waals surface area contributed by atoms with Crippen LogP contribution in [0.3, 0.4) is 0 Å². The molecular formula is C22H45N5O. The van der Waals surface area contributed by atoms with Crippen LogP contribution in [0, 0.1) is 5.92 Å². The fraction of sp³-hybridized carbons (Fsp3) is 0.909. The minimum Gasteiger partial charge on any atom is -0.369 e. The van der Waals surface area contributed by atoms with E-state index in [1.807, 2.05) is 7.05 Å². The van der Waals surface area contributed by atoms with E-state index in [2.05, 4.69) is 27.4 Å². The highest BCUT2D eigenvalue weighted by molar-refractivity contribution is 5.79. The van der Waals surface area contributed by atoms with Crippen molar-refractivity contribution >= 4 is 11.9 Å². The van der Waals surface area contributed by atoms with Gasteiger partial charge in [0.15, 0.2) is 5.96 Å². The summed E-state index contributed by atoms with van der Waals surface area (Å²) in [5.74, 6) is 0.883. The highest BCUT2D eigenvalue weighted by atomic mass is 16.1. The van der Waals surface area contributed by atoms with Crippen LogP contribution in [0.25, 0.3) is 0 Å². The fourth-order valence-electron chi connectivity index (χ4n) is 3.79. The first-order valence-electron chi connectivity index (χ1n) is 11.6. The average molecular weight is 396 g/mol. The van der Waals surface area contributed by atoms with Gasteiger partial charge in [-0.15, -0.1) is 0 Å². The Balaban J connectivity index is 1.93. The first-order valence-corrected chi connectivity index (χ1v) is 11.6. The van der Waals surface area contributed by atoms with Crippen LogP contribution >= 0.6 is 0 Å². The van der Waals surface area contributed by atoms with Crippen molar-refractivity contribution in [3.05, 3.63) is 0 Å². The minimum atomic E-state index is -0.130. The smallest absolute Gasteiger partial charge is 0.220 e. The highest BCUT2D eigenvalue weighted by Crippen LogP contribution is 2.16. The van der Waals surface area contributed by atoms with Crippen molar-refractivity contribution in [2.75, 3.05) is 39.8 Å². The second kappa shape index (κ2) is 16.6. The van der Waals surface area contributed by atoms with Crippen molar-refractivity contribution in [1.29, 1.82) is 0 Å². The van der Waals surface area contributed by atoms with Gasteiger partial charge in [0, 0.05) is 26.1 Å². The molecule has 0 spiro atoms. The van der Waals surface area contributed by atoms with E-state index in [0.717, 1.165) is 57.9 Å². The molecule has 28 heavy (non-hydrogen) atoms. The largest absolute Gasteiger partial charge is 0.369 e. The molecular weight excluding hydrogens is 350 g/mol. The lowest BCUT2D eigenvalue weighted by Crippen LogP contribution is -2.40. The van der Waals surface area contributed by atoms with Crippen LogP contribution in [-0.2, 0) is 4.79 Å². The molecule has 0 aromatic carbocycles. The van der Waals surface area contributed by atoms with Crippen LogP contribution in [0.4, 0.5) is 0 Å². The molecule has 6 nitrogen and oxygen atoms in total. The number of hydrogen-bond donors (Lipinski definition) is 3. The minimum absolute atomic E-state index is 0.0911. The third kappa shape index (κ3) is 12.2.